The van der Waals surface area contributed by atoms with Crippen LogP contribution >= 0.6 is 11.6 Å². The second-order valence-electron chi connectivity index (χ2n) is 5.70. The summed E-state index contributed by atoms with van der Waals surface area (Å²) in [4.78, 5) is 14.6. The van der Waals surface area contributed by atoms with Gasteiger partial charge in [-0.2, -0.15) is 5.10 Å². The van der Waals surface area contributed by atoms with E-state index in [-0.39, 0.29) is 11.9 Å². The number of nitrogens with zero attached hydrogens (tertiary/aromatic N) is 3. The molecule has 1 fully saturated rings. The second-order valence-corrected chi connectivity index (χ2v) is 6.08. The summed E-state index contributed by atoms with van der Waals surface area (Å²) in [6.45, 7) is 10.8. The lowest BCUT2D eigenvalue weighted by Gasteiger charge is -2.26. The minimum Gasteiger partial charge on any atom is -0.379 e. The number of aromatic nitrogens is 2. The Labute approximate surface area is 136 Å². The molecule has 1 unspecified atom stereocenters. The van der Waals surface area contributed by atoms with E-state index in [1.807, 2.05) is 20.8 Å². The largest absolute Gasteiger partial charge is 0.379 e. The zero-order valence-corrected chi connectivity index (χ0v) is 14.3. The van der Waals surface area contributed by atoms with E-state index < -0.39 is 0 Å². The summed E-state index contributed by atoms with van der Waals surface area (Å²) in [6, 6.07) is -0.352. The van der Waals surface area contributed by atoms with Gasteiger partial charge in [0.1, 0.15) is 6.04 Å². The number of halogens is 1. The van der Waals surface area contributed by atoms with E-state index >= 15 is 0 Å². The normalized spacial score (nSPS) is 17.5. The molecule has 1 aromatic heterocycles. The summed E-state index contributed by atoms with van der Waals surface area (Å²) in [5.74, 6) is -0.0238. The van der Waals surface area contributed by atoms with Crippen LogP contribution in [0.3, 0.4) is 0 Å². The zero-order chi connectivity index (χ0) is 16.1. The first-order chi connectivity index (χ1) is 10.5. The molecule has 1 atom stereocenters. The Bertz CT molecular complexity index is 512. The molecular formula is C15H25ClN4O2. The molecule has 2 heterocycles. The van der Waals surface area contributed by atoms with Gasteiger partial charge in [-0.15, -0.1) is 0 Å². The highest BCUT2D eigenvalue weighted by Gasteiger charge is 2.20. The Kier molecular flexibility index (Phi) is 6.23. The highest BCUT2D eigenvalue weighted by molar-refractivity contribution is 6.31. The van der Waals surface area contributed by atoms with Gasteiger partial charge in [-0.3, -0.25) is 14.4 Å². The Morgan fingerprint density at radius 2 is 2.09 bits per heavy atom. The van der Waals surface area contributed by atoms with Crippen LogP contribution in [0.4, 0.5) is 0 Å². The van der Waals surface area contributed by atoms with E-state index in [0.29, 0.717) is 11.6 Å². The lowest BCUT2D eigenvalue weighted by molar-refractivity contribution is -0.124. The van der Waals surface area contributed by atoms with Crippen molar-refractivity contribution in [2.45, 2.75) is 33.2 Å². The van der Waals surface area contributed by atoms with Gasteiger partial charge in [0.25, 0.3) is 0 Å². The predicted octanol–water partition coefficient (Wildman–Crippen LogP) is 1.55. The van der Waals surface area contributed by atoms with Crippen molar-refractivity contribution in [1.29, 1.82) is 0 Å². The number of aryl methyl sites for hydroxylation is 1. The van der Waals surface area contributed by atoms with E-state index in [1.165, 1.54) is 0 Å². The summed E-state index contributed by atoms with van der Waals surface area (Å²) in [7, 11) is 0. The minimum absolute atomic E-state index is 0.0238. The van der Waals surface area contributed by atoms with Gasteiger partial charge in [0.15, 0.2) is 0 Å². The third-order valence-corrected chi connectivity index (χ3v) is 4.58. The predicted molar refractivity (Wildman–Crippen MR) is 86.3 cm³/mol. The molecule has 0 saturated carbocycles. The Hall–Kier alpha value is -1.11. The summed E-state index contributed by atoms with van der Waals surface area (Å²) in [5.41, 5.74) is 1.58. The highest BCUT2D eigenvalue weighted by atomic mass is 35.5. The van der Waals surface area contributed by atoms with Gasteiger partial charge in [0.2, 0.25) is 5.91 Å². The highest BCUT2D eigenvalue weighted by Crippen LogP contribution is 2.22. The number of morpholine rings is 1. The maximum absolute atomic E-state index is 12.2. The van der Waals surface area contributed by atoms with E-state index in [9.17, 15) is 4.79 Å². The average molecular weight is 329 g/mol. The van der Waals surface area contributed by atoms with E-state index in [1.54, 1.807) is 4.68 Å². The van der Waals surface area contributed by atoms with Crippen LogP contribution in [0, 0.1) is 13.8 Å². The number of carbonyl (C=O) groups excluding carboxylic acids is 1. The SMILES string of the molecule is Cc1nn(C(C)C(=O)NCCCN2CCOCC2)c(C)c1Cl. The van der Waals surface area contributed by atoms with Crippen molar-refractivity contribution in [2.24, 2.45) is 0 Å². The Morgan fingerprint density at radius 3 is 2.68 bits per heavy atom. The third kappa shape index (κ3) is 4.21. The summed E-state index contributed by atoms with van der Waals surface area (Å²) in [6.07, 6.45) is 0.941. The molecule has 1 aliphatic rings. The lowest BCUT2D eigenvalue weighted by Crippen LogP contribution is -2.39. The topological polar surface area (TPSA) is 59.4 Å². The van der Waals surface area contributed by atoms with Gasteiger partial charge in [0.05, 0.1) is 29.6 Å². The maximum atomic E-state index is 12.2. The number of hydrogen-bond acceptors (Lipinski definition) is 4. The second kappa shape index (κ2) is 7.94. The summed E-state index contributed by atoms with van der Waals surface area (Å²) < 4.78 is 7.01. The average Bonchev–Trinajstić information content (AvgIpc) is 2.79. The van der Waals surface area contributed by atoms with Gasteiger partial charge in [-0.25, -0.2) is 0 Å². The van der Waals surface area contributed by atoms with Crippen LogP contribution in [0.2, 0.25) is 5.02 Å². The molecule has 7 heteroatoms. The first kappa shape index (κ1) is 17.2. The summed E-state index contributed by atoms with van der Waals surface area (Å²) in [5, 5.41) is 7.94. The Morgan fingerprint density at radius 1 is 1.41 bits per heavy atom. The number of amides is 1. The molecule has 0 aliphatic carbocycles. The zero-order valence-electron chi connectivity index (χ0n) is 13.6. The summed E-state index contributed by atoms with van der Waals surface area (Å²) >= 11 is 6.13. The molecule has 6 nitrogen and oxygen atoms in total. The number of rotatable bonds is 6. The van der Waals surface area contributed by atoms with Crippen molar-refractivity contribution in [1.82, 2.24) is 20.0 Å². The van der Waals surface area contributed by atoms with Crippen LogP contribution in [0.1, 0.15) is 30.8 Å². The van der Waals surface area contributed by atoms with Crippen LogP contribution in [0.5, 0.6) is 0 Å². The molecule has 2 rings (SSSR count). The van der Waals surface area contributed by atoms with Crippen molar-refractivity contribution in [3.63, 3.8) is 0 Å². The van der Waals surface area contributed by atoms with Gasteiger partial charge >= 0.3 is 0 Å². The monoisotopic (exact) mass is 328 g/mol. The molecule has 0 spiro atoms. The van der Waals surface area contributed by atoms with Gasteiger partial charge < -0.3 is 10.1 Å². The van der Waals surface area contributed by atoms with Crippen LogP contribution in [0.15, 0.2) is 0 Å². The molecule has 1 saturated heterocycles. The lowest BCUT2D eigenvalue weighted by atomic mass is 10.3. The molecule has 1 N–H and O–H groups in total. The number of hydrogen-bond donors (Lipinski definition) is 1. The Balaban J connectivity index is 1.75. The van der Waals surface area contributed by atoms with Crippen molar-refractivity contribution < 1.29 is 9.53 Å². The van der Waals surface area contributed by atoms with Crippen LogP contribution in [-0.2, 0) is 9.53 Å². The van der Waals surface area contributed by atoms with Crippen LogP contribution in [0.25, 0.3) is 0 Å². The molecule has 0 bridgehead atoms. The standard InChI is InChI=1S/C15H25ClN4O2/c1-11-14(16)12(2)20(18-11)13(3)15(21)17-5-4-6-19-7-9-22-10-8-19/h13H,4-10H2,1-3H3,(H,17,21). The van der Waals surface area contributed by atoms with Gasteiger partial charge in [0, 0.05) is 19.6 Å². The smallest absolute Gasteiger partial charge is 0.244 e. The number of carbonyl (C=O) groups is 1. The fraction of sp³-hybridized carbons (Fsp3) is 0.733. The fourth-order valence-electron chi connectivity index (χ4n) is 2.62. The molecule has 124 valence electrons. The van der Waals surface area contributed by atoms with Crippen molar-refractivity contribution in [2.75, 3.05) is 39.4 Å². The maximum Gasteiger partial charge on any atom is 0.244 e. The van der Waals surface area contributed by atoms with Crippen LogP contribution < -0.4 is 5.32 Å². The van der Waals surface area contributed by atoms with Crippen molar-refractivity contribution in [3.8, 4) is 0 Å². The number of nitrogens with one attached hydrogen (secondary N) is 1. The third-order valence-electron chi connectivity index (χ3n) is 4.04. The molecule has 22 heavy (non-hydrogen) atoms. The van der Waals surface area contributed by atoms with Gasteiger partial charge in [-0.05, 0) is 33.7 Å². The van der Waals surface area contributed by atoms with E-state index in [2.05, 4.69) is 15.3 Å². The molecular weight excluding hydrogens is 304 g/mol. The molecule has 1 aromatic rings. The van der Waals surface area contributed by atoms with E-state index in [4.69, 9.17) is 16.3 Å². The molecule has 1 amide bonds. The molecule has 0 radical (unpaired) electrons. The van der Waals surface area contributed by atoms with Gasteiger partial charge in [-0.1, -0.05) is 11.6 Å². The van der Waals surface area contributed by atoms with E-state index in [0.717, 1.165) is 50.7 Å². The first-order valence-electron chi connectivity index (χ1n) is 7.79. The fourth-order valence-corrected chi connectivity index (χ4v) is 2.74. The molecule has 1 aliphatic heterocycles. The minimum atomic E-state index is -0.352. The van der Waals surface area contributed by atoms with Crippen molar-refractivity contribution in [3.05, 3.63) is 16.4 Å². The number of ether oxygens (including phenoxy) is 1. The quantitative estimate of drug-likeness (QED) is 0.805. The van der Waals surface area contributed by atoms with Crippen molar-refractivity contribution >= 4 is 17.5 Å². The molecule has 0 aromatic carbocycles. The van der Waals surface area contributed by atoms with Crippen LogP contribution in [-0.4, -0.2) is 60.0 Å². The first-order valence-corrected chi connectivity index (χ1v) is 8.17.